The minimum absolute atomic E-state index is 0.0149. The molecule has 2 aromatic rings. The average molecular weight is 297 g/mol. The number of aromatic nitrogens is 1. The van der Waals surface area contributed by atoms with E-state index in [0.717, 1.165) is 12.1 Å². The quantitative estimate of drug-likeness (QED) is 0.904. The second-order valence-electron chi connectivity index (χ2n) is 3.88. The Morgan fingerprint density at radius 2 is 1.86 bits per heavy atom. The smallest absolute Gasteiger partial charge is 0.358 e. The van der Waals surface area contributed by atoms with Crippen molar-refractivity contribution in [3.8, 4) is 28.6 Å². The van der Waals surface area contributed by atoms with E-state index in [0.29, 0.717) is 0 Å². The van der Waals surface area contributed by atoms with Crippen LogP contribution in [0, 0.1) is 5.82 Å². The van der Waals surface area contributed by atoms with Crippen molar-refractivity contribution in [1.29, 1.82) is 0 Å². The highest BCUT2D eigenvalue weighted by Gasteiger charge is 2.26. The Morgan fingerprint density at radius 1 is 1.19 bits per heavy atom. The molecule has 0 saturated heterocycles. The molecule has 1 aromatic carbocycles. The van der Waals surface area contributed by atoms with Crippen molar-refractivity contribution in [3.63, 3.8) is 0 Å². The lowest BCUT2D eigenvalue weighted by Gasteiger charge is -2.15. The van der Waals surface area contributed by atoms with Crippen molar-refractivity contribution in [2.75, 3.05) is 21.3 Å². The van der Waals surface area contributed by atoms with Crippen LogP contribution in [0.5, 0.6) is 17.2 Å². The third-order valence-electron chi connectivity index (χ3n) is 2.76. The first-order valence-corrected chi connectivity index (χ1v) is 5.72. The standard InChI is InChI=1S/C13H12FNO6/c1-18-9-4-6(14)11(19-2)10(12(9)20-3)8-5-7(13(16)17)15-21-8/h4-5H,1-3H3,(H,16,17). The number of rotatable bonds is 5. The highest BCUT2D eigenvalue weighted by molar-refractivity contribution is 5.87. The Balaban J connectivity index is 2.74. The minimum Gasteiger partial charge on any atom is -0.493 e. The summed E-state index contributed by atoms with van der Waals surface area (Å²) in [7, 11) is 3.96. The van der Waals surface area contributed by atoms with Gasteiger partial charge in [0.15, 0.2) is 34.5 Å². The second kappa shape index (κ2) is 5.70. The van der Waals surface area contributed by atoms with Crippen molar-refractivity contribution in [1.82, 2.24) is 5.16 Å². The molecule has 0 aliphatic carbocycles. The van der Waals surface area contributed by atoms with Crippen LogP contribution in [0.15, 0.2) is 16.7 Å². The van der Waals surface area contributed by atoms with Gasteiger partial charge >= 0.3 is 5.97 Å². The van der Waals surface area contributed by atoms with Gasteiger partial charge in [-0.25, -0.2) is 9.18 Å². The molecule has 1 heterocycles. The summed E-state index contributed by atoms with van der Waals surface area (Å²) in [6.45, 7) is 0. The molecule has 1 N–H and O–H groups in total. The number of carboxylic acid groups (broad SMARTS) is 1. The summed E-state index contributed by atoms with van der Waals surface area (Å²) in [4.78, 5) is 10.9. The number of benzene rings is 1. The molecule has 7 nitrogen and oxygen atoms in total. The highest BCUT2D eigenvalue weighted by Crippen LogP contribution is 2.46. The minimum atomic E-state index is -1.27. The van der Waals surface area contributed by atoms with Gasteiger partial charge in [0.05, 0.1) is 21.3 Å². The van der Waals surface area contributed by atoms with E-state index in [9.17, 15) is 9.18 Å². The van der Waals surface area contributed by atoms with E-state index in [2.05, 4.69) is 5.16 Å². The maximum Gasteiger partial charge on any atom is 0.358 e. The van der Waals surface area contributed by atoms with E-state index >= 15 is 0 Å². The summed E-state index contributed by atoms with van der Waals surface area (Å²) in [6.07, 6.45) is 0. The SMILES string of the molecule is COc1cc(F)c(OC)c(-c2cc(C(=O)O)no2)c1OC. The summed E-state index contributed by atoms with van der Waals surface area (Å²) < 4.78 is 34.2. The van der Waals surface area contributed by atoms with Crippen LogP contribution in [-0.4, -0.2) is 37.6 Å². The van der Waals surface area contributed by atoms with Crippen LogP contribution in [0.2, 0.25) is 0 Å². The molecule has 0 aliphatic heterocycles. The fourth-order valence-electron chi connectivity index (χ4n) is 1.86. The molecule has 0 amide bonds. The molecule has 0 aliphatic rings. The molecular weight excluding hydrogens is 285 g/mol. The molecule has 0 saturated carbocycles. The maximum absolute atomic E-state index is 14.0. The van der Waals surface area contributed by atoms with Gasteiger partial charge in [-0.3, -0.25) is 0 Å². The monoisotopic (exact) mass is 297 g/mol. The summed E-state index contributed by atoms with van der Waals surface area (Å²) in [5.41, 5.74) is -0.241. The number of nitrogens with zero attached hydrogens (tertiary/aromatic N) is 1. The number of hydrogen-bond donors (Lipinski definition) is 1. The molecule has 0 unspecified atom stereocenters. The fourth-order valence-corrected chi connectivity index (χ4v) is 1.86. The fraction of sp³-hybridized carbons (Fsp3) is 0.231. The molecule has 0 radical (unpaired) electrons. The van der Waals surface area contributed by atoms with Crippen molar-refractivity contribution < 1.29 is 33.0 Å². The molecule has 0 spiro atoms. The number of hydrogen-bond acceptors (Lipinski definition) is 6. The first-order valence-electron chi connectivity index (χ1n) is 5.72. The van der Waals surface area contributed by atoms with Gasteiger partial charge in [0.25, 0.3) is 0 Å². The van der Waals surface area contributed by atoms with Crippen LogP contribution in [-0.2, 0) is 0 Å². The number of halogens is 1. The van der Waals surface area contributed by atoms with Crippen molar-refractivity contribution >= 4 is 5.97 Å². The Labute approximate surface area is 118 Å². The van der Waals surface area contributed by atoms with Gasteiger partial charge in [0.1, 0.15) is 5.56 Å². The van der Waals surface area contributed by atoms with E-state index in [1.807, 2.05) is 0 Å². The lowest BCUT2D eigenvalue weighted by atomic mass is 10.1. The van der Waals surface area contributed by atoms with Gasteiger partial charge in [0.2, 0.25) is 0 Å². The van der Waals surface area contributed by atoms with Gasteiger partial charge in [-0.1, -0.05) is 5.16 Å². The molecule has 0 fully saturated rings. The zero-order valence-corrected chi connectivity index (χ0v) is 11.5. The van der Waals surface area contributed by atoms with Crippen LogP contribution >= 0.6 is 0 Å². The van der Waals surface area contributed by atoms with Crippen molar-refractivity contribution in [2.45, 2.75) is 0 Å². The Hall–Kier alpha value is -2.77. The molecule has 112 valence electrons. The Bertz CT molecular complexity index is 682. The van der Waals surface area contributed by atoms with Gasteiger partial charge in [0, 0.05) is 12.1 Å². The predicted octanol–water partition coefficient (Wildman–Crippen LogP) is 2.20. The molecule has 21 heavy (non-hydrogen) atoms. The molecule has 1 aromatic heterocycles. The lowest BCUT2D eigenvalue weighted by Crippen LogP contribution is -1.99. The maximum atomic E-state index is 14.0. The molecule has 0 atom stereocenters. The predicted molar refractivity (Wildman–Crippen MR) is 68.5 cm³/mol. The topological polar surface area (TPSA) is 91.0 Å². The van der Waals surface area contributed by atoms with Crippen molar-refractivity contribution in [3.05, 3.63) is 23.6 Å². The number of methoxy groups -OCH3 is 3. The summed E-state index contributed by atoms with van der Waals surface area (Å²) in [5, 5.41) is 12.2. The van der Waals surface area contributed by atoms with Crippen LogP contribution in [0.4, 0.5) is 4.39 Å². The molecule has 0 bridgehead atoms. The third-order valence-corrected chi connectivity index (χ3v) is 2.76. The van der Waals surface area contributed by atoms with E-state index in [4.69, 9.17) is 23.8 Å². The number of carboxylic acids is 1. The van der Waals surface area contributed by atoms with Gasteiger partial charge in [-0.2, -0.15) is 0 Å². The zero-order valence-electron chi connectivity index (χ0n) is 11.5. The average Bonchev–Trinajstić information content (AvgIpc) is 2.95. The molecule has 8 heteroatoms. The van der Waals surface area contributed by atoms with E-state index in [-0.39, 0.29) is 34.3 Å². The highest BCUT2D eigenvalue weighted by atomic mass is 19.1. The first-order chi connectivity index (χ1) is 10.0. The molecular formula is C13H12FNO6. The normalized spacial score (nSPS) is 10.3. The third kappa shape index (κ3) is 2.47. The van der Waals surface area contributed by atoms with Gasteiger partial charge in [-0.05, 0) is 0 Å². The Morgan fingerprint density at radius 3 is 2.33 bits per heavy atom. The van der Waals surface area contributed by atoms with Gasteiger partial charge < -0.3 is 23.8 Å². The van der Waals surface area contributed by atoms with Crippen LogP contribution in [0.1, 0.15) is 10.5 Å². The van der Waals surface area contributed by atoms with Gasteiger partial charge in [-0.15, -0.1) is 0 Å². The van der Waals surface area contributed by atoms with E-state index < -0.39 is 11.8 Å². The van der Waals surface area contributed by atoms with Crippen LogP contribution in [0.3, 0.4) is 0 Å². The van der Waals surface area contributed by atoms with Crippen molar-refractivity contribution in [2.24, 2.45) is 0 Å². The molecule has 2 rings (SSSR count). The number of ether oxygens (including phenoxy) is 3. The van der Waals surface area contributed by atoms with E-state index in [1.165, 1.54) is 21.3 Å². The van der Waals surface area contributed by atoms with Crippen LogP contribution < -0.4 is 14.2 Å². The van der Waals surface area contributed by atoms with E-state index in [1.54, 1.807) is 0 Å². The summed E-state index contributed by atoms with van der Waals surface area (Å²) in [5.74, 6) is -1.91. The Kier molecular flexibility index (Phi) is 3.97. The largest absolute Gasteiger partial charge is 0.493 e. The number of aromatic carboxylic acids is 1. The van der Waals surface area contributed by atoms with Crippen LogP contribution in [0.25, 0.3) is 11.3 Å². The summed E-state index contributed by atoms with van der Waals surface area (Å²) in [6, 6.07) is 2.23. The zero-order chi connectivity index (χ0) is 15.6. The summed E-state index contributed by atoms with van der Waals surface area (Å²) >= 11 is 0. The first kappa shape index (κ1) is 14.6. The lowest BCUT2D eigenvalue weighted by molar-refractivity contribution is 0.0686. The number of carbonyl (C=O) groups is 1. The second-order valence-corrected chi connectivity index (χ2v) is 3.88.